The largest absolute Gasteiger partial charge is 0.455 e. The summed E-state index contributed by atoms with van der Waals surface area (Å²) in [6.45, 7) is 4.34. The summed E-state index contributed by atoms with van der Waals surface area (Å²) in [7, 11) is 0. The van der Waals surface area contributed by atoms with Crippen molar-refractivity contribution in [2.75, 3.05) is 0 Å². The topological polar surface area (TPSA) is 46.5 Å². The Morgan fingerprint density at radius 2 is 1.43 bits per heavy atom. The molecule has 4 rings (SSSR count). The Hall–Kier alpha value is -1.25. The Bertz CT molecular complexity index is 597. The number of hydrogen-bond acceptors (Lipinski definition) is 3. The molecule has 4 bridgehead atoms. The Kier molecular flexibility index (Phi) is 5.30. The molecule has 0 spiro atoms. The fourth-order valence-corrected chi connectivity index (χ4v) is 5.73. The van der Waals surface area contributed by atoms with Crippen molar-refractivity contribution in [3.63, 3.8) is 0 Å². The molecule has 0 heterocycles. The van der Waals surface area contributed by atoms with E-state index in [2.05, 4.69) is 11.3 Å². The molecule has 0 aromatic heterocycles. The summed E-state index contributed by atoms with van der Waals surface area (Å²) in [5.74, 6) is -0.854. The lowest BCUT2D eigenvalue weighted by atomic mass is 9.51. The van der Waals surface area contributed by atoms with Crippen LogP contribution in [0.3, 0.4) is 0 Å². The van der Waals surface area contributed by atoms with E-state index in [1.54, 1.807) is 0 Å². The summed E-state index contributed by atoms with van der Waals surface area (Å²) in [5, 5.41) is 9.87. The predicted molar refractivity (Wildman–Crippen MR) is 86.9 cm³/mol. The highest BCUT2D eigenvalue weighted by atomic mass is 19.4. The van der Waals surface area contributed by atoms with Crippen LogP contribution in [0, 0.1) is 29.6 Å². The summed E-state index contributed by atoms with van der Waals surface area (Å²) in [5.41, 5.74) is -5.46. The van der Waals surface area contributed by atoms with Gasteiger partial charge in [-0.15, -0.1) is 0 Å². The zero-order chi connectivity index (χ0) is 21.1. The second-order valence-electron chi connectivity index (χ2n) is 8.77. The van der Waals surface area contributed by atoms with E-state index in [4.69, 9.17) is 0 Å². The molecular weight excluding hydrogens is 390 g/mol. The number of ether oxygens (including phenoxy) is 1. The van der Waals surface area contributed by atoms with E-state index in [9.17, 15) is 36.2 Å². The lowest BCUT2D eigenvalue weighted by molar-refractivity contribution is -0.393. The van der Waals surface area contributed by atoms with E-state index < -0.39 is 42.4 Å². The quantitative estimate of drug-likeness (QED) is 0.400. The normalized spacial score (nSPS) is 33.6. The van der Waals surface area contributed by atoms with Gasteiger partial charge in [0.2, 0.25) is 0 Å². The van der Waals surface area contributed by atoms with Crippen molar-refractivity contribution >= 4 is 5.97 Å². The Balaban J connectivity index is 1.93. The number of carbonyl (C=O) groups is 1. The fourth-order valence-electron chi connectivity index (χ4n) is 5.73. The average Bonchev–Trinajstić information content (AvgIpc) is 2.53. The van der Waals surface area contributed by atoms with Gasteiger partial charge < -0.3 is 9.84 Å². The van der Waals surface area contributed by atoms with E-state index in [1.165, 1.54) is 0 Å². The van der Waals surface area contributed by atoms with Crippen molar-refractivity contribution in [3.05, 3.63) is 12.2 Å². The van der Waals surface area contributed by atoms with Gasteiger partial charge in [-0.25, -0.2) is 4.79 Å². The molecule has 9 heteroatoms. The average molecular weight is 414 g/mol. The van der Waals surface area contributed by atoms with Crippen LogP contribution < -0.4 is 0 Å². The fraction of sp³-hybridized carbons (Fsp3) is 0.842. The number of esters is 1. The van der Waals surface area contributed by atoms with Gasteiger partial charge in [0.25, 0.3) is 5.60 Å². The molecule has 160 valence electrons. The molecule has 1 atom stereocenters. The molecular formula is C19H24F6O3. The van der Waals surface area contributed by atoms with Gasteiger partial charge in [0, 0.05) is 5.57 Å². The van der Waals surface area contributed by atoms with Crippen molar-refractivity contribution < 1.29 is 41.0 Å². The first-order valence-corrected chi connectivity index (χ1v) is 9.46. The van der Waals surface area contributed by atoms with Crippen molar-refractivity contribution in [2.24, 2.45) is 29.6 Å². The van der Waals surface area contributed by atoms with Crippen LogP contribution in [-0.4, -0.2) is 35.1 Å². The maximum atomic E-state index is 13.4. The Labute approximate surface area is 159 Å². The second kappa shape index (κ2) is 6.92. The minimum absolute atomic E-state index is 0.00741. The molecule has 28 heavy (non-hydrogen) atoms. The lowest BCUT2D eigenvalue weighted by Crippen LogP contribution is -2.66. The highest BCUT2D eigenvalue weighted by Gasteiger charge is 2.75. The Morgan fingerprint density at radius 3 is 1.79 bits per heavy atom. The number of halogens is 6. The van der Waals surface area contributed by atoms with E-state index in [1.807, 2.05) is 0 Å². The molecule has 0 aliphatic heterocycles. The van der Waals surface area contributed by atoms with E-state index in [0.29, 0.717) is 11.8 Å². The Morgan fingerprint density at radius 1 is 1.00 bits per heavy atom. The zero-order valence-corrected chi connectivity index (χ0v) is 15.4. The molecule has 4 aliphatic carbocycles. The summed E-state index contributed by atoms with van der Waals surface area (Å²) in [6, 6.07) is 0. The molecule has 1 unspecified atom stereocenters. The first-order valence-electron chi connectivity index (χ1n) is 9.46. The second-order valence-corrected chi connectivity index (χ2v) is 8.77. The number of aliphatic hydroxyl groups is 1. The predicted octanol–water partition coefficient (Wildman–Crippen LogP) is 4.79. The van der Waals surface area contributed by atoms with Crippen molar-refractivity contribution in [2.45, 2.75) is 69.5 Å². The lowest BCUT2D eigenvalue weighted by Gasteiger charge is -2.55. The van der Waals surface area contributed by atoms with Gasteiger partial charge in [0.1, 0.15) is 6.10 Å². The van der Waals surface area contributed by atoms with Gasteiger partial charge in [-0.2, -0.15) is 26.3 Å². The van der Waals surface area contributed by atoms with Gasteiger partial charge in [0.15, 0.2) is 0 Å². The van der Waals surface area contributed by atoms with Crippen LogP contribution in [-0.2, 0) is 9.53 Å². The van der Waals surface area contributed by atoms with Crippen molar-refractivity contribution in [1.29, 1.82) is 0 Å². The molecule has 0 amide bonds. The third-order valence-electron chi connectivity index (χ3n) is 6.84. The van der Waals surface area contributed by atoms with Crippen LogP contribution in [0.25, 0.3) is 0 Å². The summed E-state index contributed by atoms with van der Waals surface area (Å²) in [6.07, 6.45) is -11.4. The van der Waals surface area contributed by atoms with Gasteiger partial charge in [-0.1, -0.05) is 6.58 Å². The van der Waals surface area contributed by atoms with Crippen molar-refractivity contribution in [3.8, 4) is 0 Å². The molecule has 0 aromatic rings. The highest BCUT2D eigenvalue weighted by molar-refractivity contribution is 5.87. The van der Waals surface area contributed by atoms with Crippen LogP contribution in [0.1, 0.15) is 45.4 Å². The van der Waals surface area contributed by atoms with Gasteiger partial charge >= 0.3 is 18.3 Å². The van der Waals surface area contributed by atoms with E-state index >= 15 is 0 Å². The van der Waals surface area contributed by atoms with Crippen LogP contribution in [0.4, 0.5) is 26.3 Å². The molecule has 4 fully saturated rings. The maximum absolute atomic E-state index is 13.4. The SMILES string of the molecule is C=C(C)C(=O)OC(CC1C2CC3CC(C2)CC1C3)C(O)(C(F)(F)F)C(F)(F)F. The highest BCUT2D eigenvalue weighted by Crippen LogP contribution is 2.59. The van der Waals surface area contributed by atoms with Crippen molar-refractivity contribution in [1.82, 2.24) is 0 Å². The molecule has 1 N–H and O–H groups in total. The van der Waals surface area contributed by atoms with E-state index in [-0.39, 0.29) is 17.4 Å². The van der Waals surface area contributed by atoms with Gasteiger partial charge in [0.05, 0.1) is 0 Å². The molecule has 4 saturated carbocycles. The third kappa shape index (κ3) is 3.55. The van der Waals surface area contributed by atoms with E-state index in [0.717, 1.165) is 39.0 Å². The molecule has 0 saturated heterocycles. The number of alkyl halides is 6. The minimum Gasteiger partial charge on any atom is -0.455 e. The number of rotatable bonds is 5. The minimum atomic E-state index is -6.04. The van der Waals surface area contributed by atoms with Crippen LogP contribution in [0.15, 0.2) is 12.2 Å². The molecule has 0 aromatic carbocycles. The number of carbonyl (C=O) groups excluding carboxylic acids is 1. The maximum Gasteiger partial charge on any atom is 0.430 e. The standard InChI is InChI=1S/C19H24F6O3/c1-9(2)16(26)28-15(17(27,18(20,21)22)19(23,24)25)8-14-12-4-10-3-11(6-12)7-13(14)5-10/h10-15,27H,1,3-8H2,2H3. The third-order valence-corrected chi connectivity index (χ3v) is 6.84. The molecule has 4 aliphatic rings. The van der Waals surface area contributed by atoms with Crippen LogP contribution >= 0.6 is 0 Å². The molecule has 0 radical (unpaired) electrons. The summed E-state index contributed by atoms with van der Waals surface area (Å²) in [4.78, 5) is 11.8. The van der Waals surface area contributed by atoms with Crippen LogP contribution in [0.2, 0.25) is 0 Å². The first kappa shape index (κ1) is 21.5. The zero-order valence-electron chi connectivity index (χ0n) is 15.4. The first-order chi connectivity index (χ1) is 12.7. The van der Waals surface area contributed by atoms with Gasteiger partial charge in [-0.05, 0) is 75.0 Å². The summed E-state index contributed by atoms with van der Waals surface area (Å²) < 4.78 is 85.2. The van der Waals surface area contributed by atoms with Gasteiger partial charge in [-0.3, -0.25) is 0 Å². The monoisotopic (exact) mass is 414 g/mol. The smallest absolute Gasteiger partial charge is 0.430 e. The summed E-state index contributed by atoms with van der Waals surface area (Å²) >= 11 is 0. The van der Waals surface area contributed by atoms with Crippen LogP contribution in [0.5, 0.6) is 0 Å². The number of hydrogen-bond donors (Lipinski definition) is 1. The molecule has 3 nitrogen and oxygen atoms in total.